The van der Waals surface area contributed by atoms with E-state index in [9.17, 15) is 5.26 Å². The van der Waals surface area contributed by atoms with Gasteiger partial charge in [0.1, 0.15) is 5.54 Å². The number of nitrogens with one attached hydrogen (secondary N) is 1. The summed E-state index contributed by atoms with van der Waals surface area (Å²) < 4.78 is 0. The van der Waals surface area contributed by atoms with Gasteiger partial charge in [-0.2, -0.15) is 5.26 Å². The van der Waals surface area contributed by atoms with Crippen molar-refractivity contribution in [1.29, 1.82) is 5.26 Å². The molecule has 0 aliphatic carbocycles. The molecule has 0 fully saturated rings. The Morgan fingerprint density at radius 3 is 2.41 bits per heavy atom. The molecule has 17 heavy (non-hydrogen) atoms. The Balaban J connectivity index is 3.93. The summed E-state index contributed by atoms with van der Waals surface area (Å²) >= 11 is 0. The van der Waals surface area contributed by atoms with E-state index in [4.69, 9.17) is 0 Å². The zero-order valence-corrected chi connectivity index (χ0v) is 12.2. The highest BCUT2D eigenvalue weighted by molar-refractivity contribution is 5.04. The van der Waals surface area contributed by atoms with Gasteiger partial charge in [0.15, 0.2) is 0 Å². The van der Waals surface area contributed by atoms with E-state index in [1.165, 1.54) is 19.3 Å². The summed E-state index contributed by atoms with van der Waals surface area (Å²) in [6.45, 7) is 10.5. The van der Waals surface area contributed by atoms with Crippen molar-refractivity contribution >= 4 is 0 Å². The normalized spacial score (nSPS) is 14.9. The summed E-state index contributed by atoms with van der Waals surface area (Å²) in [6, 6.07) is 2.75. The molecule has 0 aromatic rings. The summed E-state index contributed by atoms with van der Waals surface area (Å²) in [5, 5.41) is 12.6. The SMILES string of the molecule is CCCCCN(C)CCC(C)(C#N)NC(C)C. The van der Waals surface area contributed by atoms with Gasteiger partial charge in [-0.05, 0) is 47.2 Å². The van der Waals surface area contributed by atoms with Gasteiger partial charge in [0.05, 0.1) is 6.07 Å². The van der Waals surface area contributed by atoms with E-state index in [0.717, 1.165) is 19.5 Å². The highest BCUT2D eigenvalue weighted by atomic mass is 15.1. The molecule has 0 saturated carbocycles. The third kappa shape index (κ3) is 8.18. The number of hydrogen-bond donors (Lipinski definition) is 1. The fourth-order valence-corrected chi connectivity index (χ4v) is 1.96. The van der Waals surface area contributed by atoms with Gasteiger partial charge in [0, 0.05) is 12.6 Å². The van der Waals surface area contributed by atoms with Crippen LogP contribution in [0.1, 0.15) is 53.4 Å². The van der Waals surface area contributed by atoms with Crippen molar-refractivity contribution < 1.29 is 0 Å². The molecule has 0 bridgehead atoms. The summed E-state index contributed by atoms with van der Waals surface area (Å²) in [6.07, 6.45) is 4.70. The van der Waals surface area contributed by atoms with E-state index >= 15 is 0 Å². The molecule has 0 aromatic carbocycles. The van der Waals surface area contributed by atoms with Gasteiger partial charge < -0.3 is 4.90 Å². The molecule has 100 valence electrons. The maximum absolute atomic E-state index is 9.23. The predicted molar refractivity (Wildman–Crippen MR) is 73.9 cm³/mol. The standard InChI is InChI=1S/C14H29N3/c1-6-7-8-10-17(5)11-9-14(4,12-15)16-13(2)3/h13,16H,6-11H2,1-5H3. The molecule has 3 nitrogen and oxygen atoms in total. The van der Waals surface area contributed by atoms with E-state index < -0.39 is 5.54 Å². The molecule has 0 aromatic heterocycles. The number of rotatable bonds is 9. The predicted octanol–water partition coefficient (Wildman–Crippen LogP) is 2.78. The molecule has 1 unspecified atom stereocenters. The summed E-state index contributed by atoms with van der Waals surface area (Å²) in [4.78, 5) is 2.33. The van der Waals surface area contributed by atoms with Crippen LogP contribution in [0.25, 0.3) is 0 Å². The maximum Gasteiger partial charge on any atom is 0.105 e. The van der Waals surface area contributed by atoms with Crippen LogP contribution in [0.4, 0.5) is 0 Å². The number of hydrogen-bond acceptors (Lipinski definition) is 3. The van der Waals surface area contributed by atoms with Crippen molar-refractivity contribution in [3.05, 3.63) is 0 Å². The van der Waals surface area contributed by atoms with Crippen molar-refractivity contribution in [3.8, 4) is 6.07 Å². The lowest BCUT2D eigenvalue weighted by Crippen LogP contribution is -2.46. The first-order valence-corrected chi connectivity index (χ1v) is 6.81. The summed E-state index contributed by atoms with van der Waals surface area (Å²) in [5.74, 6) is 0. The molecule has 0 aliphatic rings. The smallest absolute Gasteiger partial charge is 0.105 e. The van der Waals surface area contributed by atoms with Crippen LogP contribution >= 0.6 is 0 Å². The molecule has 0 radical (unpaired) electrons. The van der Waals surface area contributed by atoms with E-state index in [-0.39, 0.29) is 0 Å². The lowest BCUT2D eigenvalue weighted by molar-refractivity contribution is 0.275. The Bertz CT molecular complexity index is 232. The van der Waals surface area contributed by atoms with Gasteiger partial charge in [-0.1, -0.05) is 19.8 Å². The lowest BCUT2D eigenvalue weighted by atomic mass is 9.98. The van der Waals surface area contributed by atoms with Gasteiger partial charge in [0.25, 0.3) is 0 Å². The summed E-state index contributed by atoms with van der Waals surface area (Å²) in [7, 11) is 2.14. The number of nitrogens with zero attached hydrogens (tertiary/aromatic N) is 2. The maximum atomic E-state index is 9.23. The second kappa shape index (κ2) is 8.49. The molecular formula is C14H29N3. The summed E-state index contributed by atoms with van der Waals surface area (Å²) in [5.41, 5.74) is -0.396. The first kappa shape index (κ1) is 16.4. The van der Waals surface area contributed by atoms with Gasteiger partial charge in [-0.15, -0.1) is 0 Å². The Hall–Kier alpha value is -0.590. The molecule has 3 heteroatoms. The highest BCUT2D eigenvalue weighted by Crippen LogP contribution is 2.10. The van der Waals surface area contributed by atoms with Crippen LogP contribution in [0.3, 0.4) is 0 Å². The third-order valence-electron chi connectivity index (χ3n) is 2.99. The molecule has 0 heterocycles. The zero-order chi connectivity index (χ0) is 13.3. The minimum absolute atomic E-state index is 0.352. The third-order valence-corrected chi connectivity index (χ3v) is 2.99. The molecule has 0 rings (SSSR count). The Morgan fingerprint density at radius 1 is 1.29 bits per heavy atom. The fourth-order valence-electron chi connectivity index (χ4n) is 1.96. The minimum atomic E-state index is -0.396. The molecule has 1 atom stereocenters. The zero-order valence-electron chi connectivity index (χ0n) is 12.2. The number of nitriles is 1. The lowest BCUT2D eigenvalue weighted by Gasteiger charge is -2.28. The second-order valence-corrected chi connectivity index (χ2v) is 5.50. The molecule has 0 aliphatic heterocycles. The van der Waals surface area contributed by atoms with Gasteiger partial charge in [-0.25, -0.2) is 0 Å². The van der Waals surface area contributed by atoms with Crippen LogP contribution < -0.4 is 5.32 Å². The molecular weight excluding hydrogens is 210 g/mol. The molecule has 1 N–H and O–H groups in total. The molecule has 0 saturated heterocycles. The average Bonchev–Trinajstić information content (AvgIpc) is 2.26. The largest absolute Gasteiger partial charge is 0.306 e. The Labute approximate surface area is 107 Å². The monoisotopic (exact) mass is 239 g/mol. The molecule has 0 spiro atoms. The van der Waals surface area contributed by atoms with E-state index in [2.05, 4.69) is 44.1 Å². The van der Waals surface area contributed by atoms with Crippen molar-refractivity contribution in [3.63, 3.8) is 0 Å². The fraction of sp³-hybridized carbons (Fsp3) is 0.929. The Morgan fingerprint density at radius 2 is 1.94 bits per heavy atom. The van der Waals surface area contributed by atoms with E-state index in [1.54, 1.807) is 0 Å². The van der Waals surface area contributed by atoms with Crippen LogP contribution in [0.5, 0.6) is 0 Å². The first-order chi connectivity index (χ1) is 7.93. The highest BCUT2D eigenvalue weighted by Gasteiger charge is 2.24. The Kier molecular flexibility index (Phi) is 8.20. The van der Waals surface area contributed by atoms with Crippen LogP contribution in [0.15, 0.2) is 0 Å². The van der Waals surface area contributed by atoms with Crippen LogP contribution in [0.2, 0.25) is 0 Å². The second-order valence-electron chi connectivity index (χ2n) is 5.50. The van der Waals surface area contributed by atoms with Crippen molar-refractivity contribution in [2.75, 3.05) is 20.1 Å². The number of unbranched alkanes of at least 4 members (excludes halogenated alkanes) is 2. The molecule has 0 amide bonds. The van der Waals surface area contributed by atoms with Crippen molar-refractivity contribution in [1.82, 2.24) is 10.2 Å². The van der Waals surface area contributed by atoms with Gasteiger partial charge in [-0.3, -0.25) is 5.32 Å². The van der Waals surface area contributed by atoms with E-state index in [1.807, 2.05) is 6.92 Å². The van der Waals surface area contributed by atoms with E-state index in [0.29, 0.717) is 6.04 Å². The van der Waals surface area contributed by atoms with Gasteiger partial charge >= 0.3 is 0 Å². The minimum Gasteiger partial charge on any atom is -0.306 e. The van der Waals surface area contributed by atoms with Gasteiger partial charge in [0.2, 0.25) is 0 Å². The van der Waals surface area contributed by atoms with Crippen molar-refractivity contribution in [2.45, 2.75) is 65.0 Å². The van der Waals surface area contributed by atoms with Crippen LogP contribution in [-0.2, 0) is 0 Å². The average molecular weight is 239 g/mol. The topological polar surface area (TPSA) is 39.1 Å². The van der Waals surface area contributed by atoms with Crippen LogP contribution in [0, 0.1) is 11.3 Å². The first-order valence-electron chi connectivity index (χ1n) is 6.81. The quantitative estimate of drug-likeness (QED) is 0.629. The van der Waals surface area contributed by atoms with Crippen molar-refractivity contribution in [2.24, 2.45) is 0 Å². The van der Waals surface area contributed by atoms with Crippen LogP contribution in [-0.4, -0.2) is 36.6 Å².